The third kappa shape index (κ3) is 3.69. The molecule has 0 amide bonds. The lowest BCUT2D eigenvalue weighted by atomic mass is 9.81. The van der Waals surface area contributed by atoms with Gasteiger partial charge in [0.15, 0.2) is 0 Å². The smallest absolute Gasteiger partial charge is 0.119 e. The van der Waals surface area contributed by atoms with Crippen molar-refractivity contribution in [2.75, 3.05) is 14.2 Å². The van der Waals surface area contributed by atoms with Crippen LogP contribution in [-0.2, 0) is 4.74 Å². The molecule has 4 heteroatoms. The Balaban J connectivity index is 3.16. The third-order valence-corrected chi connectivity index (χ3v) is 3.40. The topological polar surface area (TPSA) is 56.5 Å². The first kappa shape index (κ1) is 16.0. The van der Waals surface area contributed by atoms with E-state index in [4.69, 9.17) is 15.3 Å². The molecule has 2 atom stereocenters. The van der Waals surface area contributed by atoms with Crippen LogP contribution in [0, 0.1) is 12.3 Å². The molecule has 0 heterocycles. The van der Waals surface area contributed by atoms with Gasteiger partial charge in [0, 0.05) is 7.11 Å². The number of benzene rings is 1. The maximum absolute atomic E-state index is 5.76. The molecule has 0 aliphatic heterocycles. The molecule has 0 bridgehead atoms. The van der Waals surface area contributed by atoms with E-state index in [1.54, 1.807) is 14.2 Å². The molecule has 0 saturated heterocycles. The Hall–Kier alpha value is -1.10. The van der Waals surface area contributed by atoms with Crippen molar-refractivity contribution in [3.05, 3.63) is 29.3 Å². The van der Waals surface area contributed by atoms with Gasteiger partial charge in [0.2, 0.25) is 0 Å². The lowest BCUT2D eigenvalue weighted by Crippen LogP contribution is -2.44. The predicted octanol–water partition coefficient (Wildman–Crippen LogP) is 2.57. The molecule has 2 unspecified atom stereocenters. The van der Waals surface area contributed by atoms with Gasteiger partial charge in [-0.05, 0) is 35.6 Å². The summed E-state index contributed by atoms with van der Waals surface area (Å²) in [5.74, 6) is 6.60. The zero-order valence-electron chi connectivity index (χ0n) is 12.8. The summed E-state index contributed by atoms with van der Waals surface area (Å²) in [5.41, 5.74) is 5.14. The normalized spacial score (nSPS) is 15.1. The van der Waals surface area contributed by atoms with Crippen molar-refractivity contribution in [2.24, 2.45) is 11.3 Å². The summed E-state index contributed by atoms with van der Waals surface area (Å²) in [6.07, 6.45) is -0.0235. The van der Waals surface area contributed by atoms with Crippen LogP contribution >= 0.6 is 0 Å². The molecule has 0 spiro atoms. The summed E-state index contributed by atoms with van der Waals surface area (Å²) in [5, 5.41) is 0. The summed E-state index contributed by atoms with van der Waals surface area (Å²) in [6, 6.07) is 5.93. The molecule has 0 radical (unpaired) electrons. The largest absolute Gasteiger partial charge is 0.497 e. The van der Waals surface area contributed by atoms with E-state index in [1.165, 1.54) is 0 Å². The molecule has 3 N–H and O–H groups in total. The van der Waals surface area contributed by atoms with Gasteiger partial charge in [-0.3, -0.25) is 11.3 Å². The Morgan fingerprint density at radius 1 is 1.21 bits per heavy atom. The number of ether oxygens (including phenoxy) is 2. The molecular formula is C15H26N2O2. The maximum Gasteiger partial charge on any atom is 0.119 e. The summed E-state index contributed by atoms with van der Waals surface area (Å²) < 4.78 is 10.9. The zero-order valence-corrected chi connectivity index (χ0v) is 12.8. The Morgan fingerprint density at radius 3 is 2.21 bits per heavy atom. The Morgan fingerprint density at radius 2 is 1.84 bits per heavy atom. The van der Waals surface area contributed by atoms with Crippen LogP contribution in [0.1, 0.15) is 37.9 Å². The Kier molecular flexibility index (Phi) is 5.35. The zero-order chi connectivity index (χ0) is 14.6. The first-order chi connectivity index (χ1) is 8.85. The monoisotopic (exact) mass is 266 g/mol. The molecule has 0 aliphatic rings. The molecule has 0 saturated carbocycles. The van der Waals surface area contributed by atoms with E-state index in [2.05, 4.69) is 33.1 Å². The van der Waals surface area contributed by atoms with Gasteiger partial charge in [-0.1, -0.05) is 26.8 Å². The first-order valence-electron chi connectivity index (χ1n) is 6.48. The fraction of sp³-hybridized carbons (Fsp3) is 0.600. The minimum Gasteiger partial charge on any atom is -0.497 e. The van der Waals surface area contributed by atoms with Crippen LogP contribution in [0.2, 0.25) is 0 Å². The van der Waals surface area contributed by atoms with E-state index < -0.39 is 0 Å². The highest BCUT2D eigenvalue weighted by molar-refractivity contribution is 5.37. The SMILES string of the molecule is COc1ccc(C(NN)C(OC)C(C)(C)C)c(C)c1. The van der Waals surface area contributed by atoms with Crippen LogP contribution in [0.25, 0.3) is 0 Å². The van der Waals surface area contributed by atoms with Gasteiger partial charge < -0.3 is 9.47 Å². The summed E-state index contributed by atoms with van der Waals surface area (Å²) in [6.45, 7) is 8.48. The van der Waals surface area contributed by atoms with Crippen molar-refractivity contribution in [1.82, 2.24) is 5.43 Å². The summed E-state index contributed by atoms with van der Waals surface area (Å²) >= 11 is 0. The molecule has 4 nitrogen and oxygen atoms in total. The molecule has 19 heavy (non-hydrogen) atoms. The summed E-state index contributed by atoms with van der Waals surface area (Å²) in [4.78, 5) is 0. The van der Waals surface area contributed by atoms with Crippen molar-refractivity contribution in [1.29, 1.82) is 0 Å². The van der Waals surface area contributed by atoms with Crippen molar-refractivity contribution < 1.29 is 9.47 Å². The minimum atomic E-state index is -0.0593. The maximum atomic E-state index is 5.76. The fourth-order valence-corrected chi connectivity index (χ4v) is 2.45. The average molecular weight is 266 g/mol. The lowest BCUT2D eigenvalue weighted by molar-refractivity contribution is -0.0121. The standard InChI is InChI=1S/C15H26N2O2/c1-10-9-11(18-5)7-8-12(10)13(17-16)14(19-6)15(2,3)4/h7-9,13-14,17H,16H2,1-6H3. The number of rotatable bonds is 5. The van der Waals surface area contributed by atoms with E-state index in [0.29, 0.717) is 0 Å². The number of hydrogen-bond acceptors (Lipinski definition) is 4. The molecule has 1 rings (SSSR count). The van der Waals surface area contributed by atoms with Gasteiger partial charge in [0.1, 0.15) is 5.75 Å². The number of nitrogens with one attached hydrogen (secondary N) is 1. The quantitative estimate of drug-likeness (QED) is 0.635. The van der Waals surface area contributed by atoms with E-state index in [1.807, 2.05) is 18.2 Å². The second-order valence-corrected chi connectivity index (χ2v) is 5.89. The third-order valence-electron chi connectivity index (χ3n) is 3.40. The average Bonchev–Trinajstić information content (AvgIpc) is 2.34. The molecule has 1 aromatic rings. The van der Waals surface area contributed by atoms with E-state index >= 15 is 0 Å². The molecule has 108 valence electrons. The van der Waals surface area contributed by atoms with E-state index in [-0.39, 0.29) is 17.6 Å². The van der Waals surface area contributed by atoms with Crippen LogP contribution in [0.4, 0.5) is 0 Å². The van der Waals surface area contributed by atoms with Crippen LogP contribution in [0.3, 0.4) is 0 Å². The van der Waals surface area contributed by atoms with E-state index in [9.17, 15) is 0 Å². The lowest BCUT2D eigenvalue weighted by Gasteiger charge is -2.36. The number of aryl methyl sites for hydroxylation is 1. The van der Waals surface area contributed by atoms with Gasteiger partial charge in [-0.25, -0.2) is 0 Å². The number of nitrogens with two attached hydrogens (primary N) is 1. The number of hydrogen-bond donors (Lipinski definition) is 2. The van der Waals surface area contributed by atoms with Gasteiger partial charge in [-0.2, -0.15) is 0 Å². The Bertz CT molecular complexity index is 413. The van der Waals surface area contributed by atoms with Crippen molar-refractivity contribution in [3.63, 3.8) is 0 Å². The highest BCUT2D eigenvalue weighted by Gasteiger charge is 2.33. The fourth-order valence-electron chi connectivity index (χ4n) is 2.45. The van der Waals surface area contributed by atoms with Gasteiger partial charge in [0.25, 0.3) is 0 Å². The molecule has 0 aliphatic carbocycles. The molecule has 0 fully saturated rings. The van der Waals surface area contributed by atoms with Crippen molar-refractivity contribution >= 4 is 0 Å². The first-order valence-corrected chi connectivity index (χ1v) is 6.48. The second kappa shape index (κ2) is 6.37. The predicted molar refractivity (Wildman–Crippen MR) is 78.0 cm³/mol. The highest BCUT2D eigenvalue weighted by Crippen LogP contribution is 2.34. The molecule has 1 aromatic carbocycles. The minimum absolute atomic E-state index is 0.0157. The van der Waals surface area contributed by atoms with Crippen LogP contribution in [-0.4, -0.2) is 20.3 Å². The summed E-state index contributed by atoms with van der Waals surface area (Å²) in [7, 11) is 3.39. The van der Waals surface area contributed by atoms with Crippen molar-refractivity contribution in [3.8, 4) is 5.75 Å². The molecule has 0 aromatic heterocycles. The van der Waals surface area contributed by atoms with Crippen LogP contribution in [0.15, 0.2) is 18.2 Å². The highest BCUT2D eigenvalue weighted by atomic mass is 16.5. The number of methoxy groups -OCH3 is 2. The molecular weight excluding hydrogens is 240 g/mol. The van der Waals surface area contributed by atoms with Gasteiger partial charge >= 0.3 is 0 Å². The second-order valence-electron chi connectivity index (χ2n) is 5.89. The van der Waals surface area contributed by atoms with Crippen LogP contribution < -0.4 is 16.0 Å². The van der Waals surface area contributed by atoms with Gasteiger partial charge in [-0.15, -0.1) is 0 Å². The Labute approximate surface area is 116 Å². The van der Waals surface area contributed by atoms with Crippen LogP contribution in [0.5, 0.6) is 5.75 Å². The van der Waals surface area contributed by atoms with E-state index in [0.717, 1.165) is 16.9 Å². The number of hydrazine groups is 1. The van der Waals surface area contributed by atoms with Crippen molar-refractivity contribution in [2.45, 2.75) is 39.8 Å². The van der Waals surface area contributed by atoms with Gasteiger partial charge in [0.05, 0.1) is 19.3 Å².